The number of aromatic nitrogens is 2. The van der Waals surface area contributed by atoms with Crippen LogP contribution < -0.4 is 16.0 Å². The van der Waals surface area contributed by atoms with Crippen LogP contribution in [-0.4, -0.2) is 36.7 Å². The van der Waals surface area contributed by atoms with Crippen LogP contribution in [0.5, 0.6) is 0 Å². The SMILES string of the molecule is CNC(=O)C(C)CN(C)c1nnc(N)o1. The molecule has 7 heteroatoms. The number of nitrogens with one attached hydrogen (secondary N) is 1. The summed E-state index contributed by atoms with van der Waals surface area (Å²) in [7, 11) is 3.36. The molecular weight excluding hydrogens is 198 g/mol. The number of hydrogen-bond donors (Lipinski definition) is 2. The zero-order valence-electron chi connectivity index (χ0n) is 9.02. The van der Waals surface area contributed by atoms with Crippen LogP contribution in [0.15, 0.2) is 4.42 Å². The van der Waals surface area contributed by atoms with Gasteiger partial charge in [0, 0.05) is 20.6 Å². The lowest BCUT2D eigenvalue weighted by Crippen LogP contribution is -2.34. The largest absolute Gasteiger partial charge is 0.390 e. The van der Waals surface area contributed by atoms with E-state index in [2.05, 4.69) is 15.5 Å². The molecule has 1 aromatic heterocycles. The minimum absolute atomic E-state index is 0.0180. The van der Waals surface area contributed by atoms with Gasteiger partial charge in [0.2, 0.25) is 5.91 Å². The average molecular weight is 213 g/mol. The molecule has 1 rings (SSSR count). The zero-order valence-corrected chi connectivity index (χ0v) is 9.02. The van der Waals surface area contributed by atoms with Crippen molar-refractivity contribution in [2.24, 2.45) is 5.92 Å². The highest BCUT2D eigenvalue weighted by Gasteiger charge is 2.16. The van der Waals surface area contributed by atoms with Gasteiger partial charge >= 0.3 is 12.0 Å². The van der Waals surface area contributed by atoms with Crippen LogP contribution in [0.2, 0.25) is 0 Å². The Balaban J connectivity index is 2.55. The van der Waals surface area contributed by atoms with Gasteiger partial charge < -0.3 is 20.4 Å². The fraction of sp³-hybridized carbons (Fsp3) is 0.625. The first-order valence-corrected chi connectivity index (χ1v) is 4.56. The van der Waals surface area contributed by atoms with E-state index in [4.69, 9.17) is 10.2 Å². The fourth-order valence-corrected chi connectivity index (χ4v) is 1.20. The summed E-state index contributed by atoms with van der Waals surface area (Å²) in [6.45, 7) is 2.30. The predicted octanol–water partition coefficient (Wildman–Crippen LogP) is -0.530. The molecule has 0 fully saturated rings. The van der Waals surface area contributed by atoms with E-state index in [1.807, 2.05) is 6.92 Å². The maximum atomic E-state index is 11.3. The van der Waals surface area contributed by atoms with E-state index in [1.165, 1.54) is 0 Å². The van der Waals surface area contributed by atoms with Crippen LogP contribution in [-0.2, 0) is 4.79 Å². The number of nitrogen functional groups attached to an aromatic ring is 1. The van der Waals surface area contributed by atoms with E-state index >= 15 is 0 Å². The number of nitrogens with zero attached hydrogens (tertiary/aromatic N) is 3. The van der Waals surface area contributed by atoms with Gasteiger partial charge in [-0.2, -0.15) is 0 Å². The number of anilines is 2. The first-order valence-electron chi connectivity index (χ1n) is 4.56. The van der Waals surface area contributed by atoms with Crippen LogP contribution in [0, 0.1) is 5.92 Å². The number of carbonyl (C=O) groups excluding carboxylic acids is 1. The standard InChI is InChI=1S/C8H15N5O2/c1-5(6(14)10-2)4-13(3)8-12-11-7(9)15-8/h5H,4H2,1-3H3,(H2,9,11)(H,10,14). The van der Waals surface area contributed by atoms with Gasteiger partial charge in [0.25, 0.3) is 0 Å². The first-order chi connectivity index (χ1) is 7.04. The third-order valence-corrected chi connectivity index (χ3v) is 2.00. The Morgan fingerprint density at radius 1 is 1.67 bits per heavy atom. The smallest absolute Gasteiger partial charge is 0.319 e. The topological polar surface area (TPSA) is 97.3 Å². The number of hydrogen-bond acceptors (Lipinski definition) is 6. The van der Waals surface area contributed by atoms with E-state index in [0.29, 0.717) is 12.6 Å². The summed E-state index contributed by atoms with van der Waals surface area (Å²) in [5, 5.41) is 9.81. The van der Waals surface area contributed by atoms with Crippen molar-refractivity contribution in [3.8, 4) is 0 Å². The van der Waals surface area contributed by atoms with Crippen LogP contribution in [0.25, 0.3) is 0 Å². The third kappa shape index (κ3) is 2.83. The van der Waals surface area contributed by atoms with Crippen LogP contribution >= 0.6 is 0 Å². The molecule has 0 bridgehead atoms. The molecule has 0 aromatic carbocycles. The van der Waals surface area contributed by atoms with E-state index in [9.17, 15) is 4.79 Å². The van der Waals surface area contributed by atoms with Gasteiger partial charge in [-0.05, 0) is 0 Å². The van der Waals surface area contributed by atoms with Crippen molar-refractivity contribution in [2.45, 2.75) is 6.92 Å². The van der Waals surface area contributed by atoms with E-state index in [0.717, 1.165) is 0 Å². The molecule has 0 aliphatic heterocycles. The normalized spacial score (nSPS) is 12.2. The van der Waals surface area contributed by atoms with Gasteiger partial charge in [-0.25, -0.2) is 0 Å². The minimum atomic E-state index is -0.159. The summed E-state index contributed by atoms with van der Waals surface area (Å²) >= 11 is 0. The van der Waals surface area contributed by atoms with Crippen molar-refractivity contribution < 1.29 is 9.21 Å². The fourth-order valence-electron chi connectivity index (χ4n) is 1.20. The van der Waals surface area contributed by atoms with Gasteiger partial charge in [0.15, 0.2) is 0 Å². The van der Waals surface area contributed by atoms with Crippen molar-refractivity contribution in [1.82, 2.24) is 15.5 Å². The van der Waals surface area contributed by atoms with Crippen molar-refractivity contribution in [2.75, 3.05) is 31.3 Å². The van der Waals surface area contributed by atoms with Crippen molar-refractivity contribution in [3.05, 3.63) is 0 Å². The lowest BCUT2D eigenvalue weighted by atomic mass is 10.1. The van der Waals surface area contributed by atoms with Gasteiger partial charge in [0.1, 0.15) is 0 Å². The molecule has 0 saturated carbocycles. The monoisotopic (exact) mass is 213 g/mol. The second-order valence-corrected chi connectivity index (χ2v) is 3.32. The summed E-state index contributed by atoms with van der Waals surface area (Å²) in [5.41, 5.74) is 5.29. The molecule has 3 N–H and O–H groups in total. The zero-order chi connectivity index (χ0) is 11.4. The van der Waals surface area contributed by atoms with Crippen molar-refractivity contribution in [1.29, 1.82) is 0 Å². The van der Waals surface area contributed by atoms with Crippen molar-refractivity contribution in [3.63, 3.8) is 0 Å². The molecule has 1 heterocycles. The molecule has 0 aliphatic carbocycles. The first kappa shape index (κ1) is 11.3. The quantitative estimate of drug-likeness (QED) is 0.697. The number of nitrogens with two attached hydrogens (primary N) is 1. The Morgan fingerprint density at radius 3 is 2.80 bits per heavy atom. The van der Waals surface area contributed by atoms with Gasteiger partial charge in [-0.1, -0.05) is 17.1 Å². The highest BCUT2D eigenvalue weighted by molar-refractivity contribution is 5.78. The van der Waals surface area contributed by atoms with Gasteiger partial charge in [-0.15, -0.1) is 0 Å². The maximum absolute atomic E-state index is 11.3. The summed E-state index contributed by atoms with van der Waals surface area (Å²) in [4.78, 5) is 12.9. The van der Waals surface area contributed by atoms with Gasteiger partial charge in [-0.3, -0.25) is 4.79 Å². The van der Waals surface area contributed by atoms with Gasteiger partial charge in [0.05, 0.1) is 5.92 Å². The Labute approximate surface area is 87.6 Å². The highest BCUT2D eigenvalue weighted by atomic mass is 16.4. The Hall–Kier alpha value is -1.79. The molecule has 1 unspecified atom stereocenters. The van der Waals surface area contributed by atoms with Crippen LogP contribution in [0.4, 0.5) is 12.0 Å². The summed E-state index contributed by atoms with van der Waals surface area (Å²) in [6.07, 6.45) is 0. The molecule has 15 heavy (non-hydrogen) atoms. The molecule has 84 valence electrons. The summed E-state index contributed by atoms with van der Waals surface area (Å²) in [5.74, 6) is -0.192. The molecule has 0 aliphatic rings. The number of carbonyl (C=O) groups is 1. The molecular formula is C8H15N5O2. The lowest BCUT2D eigenvalue weighted by Gasteiger charge is -2.17. The van der Waals surface area contributed by atoms with E-state index < -0.39 is 0 Å². The summed E-state index contributed by atoms with van der Waals surface area (Å²) < 4.78 is 5.01. The molecule has 1 atom stereocenters. The highest BCUT2D eigenvalue weighted by Crippen LogP contribution is 2.12. The Kier molecular flexibility index (Phi) is 3.48. The summed E-state index contributed by atoms with van der Waals surface area (Å²) in [6, 6.07) is 0.327. The maximum Gasteiger partial charge on any atom is 0.319 e. The Morgan fingerprint density at radius 2 is 2.33 bits per heavy atom. The lowest BCUT2D eigenvalue weighted by molar-refractivity contribution is -0.123. The third-order valence-electron chi connectivity index (χ3n) is 2.00. The second-order valence-electron chi connectivity index (χ2n) is 3.32. The van der Waals surface area contributed by atoms with E-state index in [1.54, 1.807) is 19.0 Å². The molecule has 0 radical (unpaired) electrons. The van der Waals surface area contributed by atoms with Crippen LogP contribution in [0.3, 0.4) is 0 Å². The predicted molar refractivity (Wildman–Crippen MR) is 55.2 cm³/mol. The Bertz CT molecular complexity index is 338. The molecule has 7 nitrogen and oxygen atoms in total. The van der Waals surface area contributed by atoms with Crippen molar-refractivity contribution >= 4 is 17.9 Å². The molecule has 0 spiro atoms. The average Bonchev–Trinajstić information content (AvgIpc) is 2.63. The number of rotatable bonds is 4. The van der Waals surface area contributed by atoms with E-state index in [-0.39, 0.29) is 17.8 Å². The van der Waals surface area contributed by atoms with Crippen LogP contribution in [0.1, 0.15) is 6.92 Å². The molecule has 1 aromatic rings. The number of amides is 1. The minimum Gasteiger partial charge on any atom is -0.390 e. The molecule has 0 saturated heterocycles. The second kappa shape index (κ2) is 4.63. The molecule has 1 amide bonds.